The number of aryl methyl sites for hydroxylation is 1. The van der Waals surface area contributed by atoms with Crippen LogP contribution in [0.2, 0.25) is 5.02 Å². The second kappa shape index (κ2) is 10.1. The molecule has 8 nitrogen and oxygen atoms in total. The summed E-state index contributed by atoms with van der Waals surface area (Å²) >= 11 is 6.20. The van der Waals surface area contributed by atoms with Crippen molar-refractivity contribution in [1.82, 2.24) is 15.0 Å². The van der Waals surface area contributed by atoms with E-state index in [0.717, 1.165) is 18.7 Å². The number of piperidine rings is 1. The number of nitrogens with zero attached hydrogens (tertiary/aromatic N) is 3. The second-order valence-corrected chi connectivity index (χ2v) is 8.51. The number of hydrogen-bond acceptors (Lipinski definition) is 7. The minimum atomic E-state index is -0.484. The third kappa shape index (κ3) is 5.58. The highest BCUT2D eigenvalue weighted by atomic mass is 35.5. The van der Waals surface area contributed by atoms with E-state index in [2.05, 4.69) is 20.4 Å². The Morgan fingerprint density at radius 1 is 1.18 bits per heavy atom. The molecule has 3 aromatic rings. The van der Waals surface area contributed by atoms with E-state index in [1.54, 1.807) is 12.1 Å². The summed E-state index contributed by atoms with van der Waals surface area (Å²) in [7, 11) is 1.31. The van der Waals surface area contributed by atoms with E-state index in [1.165, 1.54) is 18.7 Å². The molecule has 1 aromatic heterocycles. The van der Waals surface area contributed by atoms with Gasteiger partial charge in [0.25, 0.3) is 0 Å². The van der Waals surface area contributed by atoms with Gasteiger partial charge in [0, 0.05) is 11.5 Å². The number of carbonyl (C=O) groups is 2. The lowest BCUT2D eigenvalue weighted by Crippen LogP contribution is -2.37. The molecular weight excluding hydrogens is 444 g/mol. The van der Waals surface area contributed by atoms with Crippen molar-refractivity contribution in [3.63, 3.8) is 0 Å². The average molecular weight is 469 g/mol. The molecule has 172 valence electrons. The van der Waals surface area contributed by atoms with Crippen LogP contribution in [0.1, 0.15) is 34.7 Å². The first-order chi connectivity index (χ1) is 15.9. The normalized spacial score (nSPS) is 14.8. The van der Waals surface area contributed by atoms with Crippen LogP contribution in [0.3, 0.4) is 0 Å². The Balaban J connectivity index is 1.31. The van der Waals surface area contributed by atoms with Crippen molar-refractivity contribution in [2.24, 2.45) is 5.92 Å². The fourth-order valence-corrected chi connectivity index (χ4v) is 3.95. The van der Waals surface area contributed by atoms with Crippen LogP contribution in [-0.2, 0) is 16.1 Å². The lowest BCUT2D eigenvalue weighted by molar-refractivity contribution is -0.121. The summed E-state index contributed by atoms with van der Waals surface area (Å²) in [6.45, 7) is 4.04. The molecule has 1 aliphatic rings. The number of hydrogen-bond donors (Lipinski definition) is 1. The Morgan fingerprint density at radius 3 is 2.61 bits per heavy atom. The highest BCUT2D eigenvalue weighted by molar-refractivity contribution is 6.33. The van der Waals surface area contributed by atoms with Gasteiger partial charge in [-0.15, -0.1) is 0 Å². The summed E-state index contributed by atoms with van der Waals surface area (Å²) in [6.07, 6.45) is 1.39. The summed E-state index contributed by atoms with van der Waals surface area (Å²) in [6, 6.07) is 12.6. The zero-order valence-electron chi connectivity index (χ0n) is 18.5. The van der Waals surface area contributed by atoms with Crippen LogP contribution in [0.4, 0.5) is 5.69 Å². The predicted molar refractivity (Wildman–Crippen MR) is 124 cm³/mol. The average Bonchev–Trinajstić information content (AvgIpc) is 3.29. The maximum absolute atomic E-state index is 12.8. The van der Waals surface area contributed by atoms with E-state index in [9.17, 15) is 9.59 Å². The van der Waals surface area contributed by atoms with Gasteiger partial charge in [0.1, 0.15) is 0 Å². The van der Waals surface area contributed by atoms with Crippen LogP contribution >= 0.6 is 11.6 Å². The minimum Gasteiger partial charge on any atom is -0.465 e. The van der Waals surface area contributed by atoms with E-state index in [1.807, 2.05) is 31.2 Å². The molecule has 33 heavy (non-hydrogen) atoms. The zero-order valence-corrected chi connectivity index (χ0v) is 19.3. The number of aromatic nitrogens is 2. The standard InChI is InChI=1S/C24H25ClN4O4/c1-15-3-5-16(6-4-15)22-27-21(33-28-22)14-29-11-9-17(10-12-29)23(30)26-20-13-18(24(31)32-2)7-8-19(20)25/h3-8,13,17H,9-12,14H2,1-2H3,(H,26,30). The number of halogens is 1. The number of nitrogens with one attached hydrogen (secondary N) is 1. The maximum Gasteiger partial charge on any atom is 0.337 e. The molecule has 1 amide bonds. The first-order valence-electron chi connectivity index (χ1n) is 10.7. The van der Waals surface area contributed by atoms with Gasteiger partial charge in [0.05, 0.1) is 29.9 Å². The first kappa shape index (κ1) is 22.9. The van der Waals surface area contributed by atoms with Crippen LogP contribution in [0.15, 0.2) is 47.0 Å². The molecule has 2 heterocycles. The summed E-state index contributed by atoms with van der Waals surface area (Å²) in [5.74, 6) is 0.384. The number of methoxy groups -OCH3 is 1. The molecule has 1 fully saturated rings. The minimum absolute atomic E-state index is 0.113. The van der Waals surface area contributed by atoms with Crippen LogP contribution in [0, 0.1) is 12.8 Å². The summed E-state index contributed by atoms with van der Waals surface area (Å²) in [4.78, 5) is 31.2. The number of rotatable bonds is 6. The van der Waals surface area contributed by atoms with Gasteiger partial charge in [0.2, 0.25) is 17.6 Å². The number of carbonyl (C=O) groups excluding carboxylic acids is 2. The van der Waals surface area contributed by atoms with Gasteiger partial charge < -0.3 is 14.6 Å². The first-order valence-corrected chi connectivity index (χ1v) is 11.1. The van der Waals surface area contributed by atoms with E-state index in [4.69, 9.17) is 20.9 Å². The van der Waals surface area contributed by atoms with E-state index in [-0.39, 0.29) is 11.8 Å². The molecule has 1 aliphatic heterocycles. The van der Waals surface area contributed by atoms with Crippen LogP contribution in [0.5, 0.6) is 0 Å². The van der Waals surface area contributed by atoms with Gasteiger partial charge in [0.15, 0.2) is 0 Å². The van der Waals surface area contributed by atoms with Gasteiger partial charge in [-0.1, -0.05) is 46.6 Å². The quantitative estimate of drug-likeness (QED) is 0.537. The van der Waals surface area contributed by atoms with Gasteiger partial charge in [-0.05, 0) is 51.1 Å². The molecule has 9 heteroatoms. The number of benzene rings is 2. The lowest BCUT2D eigenvalue weighted by atomic mass is 9.95. The molecule has 0 saturated carbocycles. The molecule has 0 atom stereocenters. The van der Waals surface area contributed by atoms with E-state index < -0.39 is 5.97 Å². The second-order valence-electron chi connectivity index (χ2n) is 8.10. The largest absolute Gasteiger partial charge is 0.465 e. The van der Waals surface area contributed by atoms with Crippen LogP contribution in [-0.4, -0.2) is 47.1 Å². The fourth-order valence-electron chi connectivity index (χ4n) is 3.78. The monoisotopic (exact) mass is 468 g/mol. The molecule has 0 radical (unpaired) electrons. The highest BCUT2D eigenvalue weighted by Gasteiger charge is 2.26. The van der Waals surface area contributed by atoms with Crippen LogP contribution < -0.4 is 5.32 Å². The molecule has 0 unspecified atom stereocenters. The number of ether oxygens (including phenoxy) is 1. The maximum atomic E-state index is 12.8. The number of amides is 1. The molecule has 4 rings (SSSR count). The number of anilines is 1. The van der Waals surface area contributed by atoms with Crippen molar-refractivity contribution in [2.75, 3.05) is 25.5 Å². The third-order valence-electron chi connectivity index (χ3n) is 5.74. The molecule has 2 aromatic carbocycles. The van der Waals surface area contributed by atoms with E-state index in [0.29, 0.717) is 47.4 Å². The Kier molecular flexibility index (Phi) is 7.05. The lowest BCUT2D eigenvalue weighted by Gasteiger charge is -2.30. The Labute approximate surface area is 196 Å². The summed E-state index contributed by atoms with van der Waals surface area (Å²) in [5.41, 5.74) is 2.83. The number of likely N-dealkylation sites (tertiary alicyclic amines) is 1. The molecule has 0 aliphatic carbocycles. The Hall–Kier alpha value is -3.23. The molecule has 1 N–H and O–H groups in total. The number of esters is 1. The fraction of sp³-hybridized carbons (Fsp3) is 0.333. The summed E-state index contributed by atoms with van der Waals surface area (Å²) in [5, 5.41) is 7.30. The van der Waals surface area contributed by atoms with Crippen molar-refractivity contribution in [2.45, 2.75) is 26.3 Å². The molecular formula is C24H25ClN4O4. The highest BCUT2D eigenvalue weighted by Crippen LogP contribution is 2.26. The van der Waals surface area contributed by atoms with Crippen molar-refractivity contribution in [3.8, 4) is 11.4 Å². The molecule has 0 spiro atoms. The van der Waals surface area contributed by atoms with E-state index >= 15 is 0 Å². The third-order valence-corrected chi connectivity index (χ3v) is 6.07. The predicted octanol–water partition coefficient (Wildman–Crippen LogP) is 4.34. The Morgan fingerprint density at radius 2 is 1.91 bits per heavy atom. The van der Waals surface area contributed by atoms with Crippen LogP contribution in [0.25, 0.3) is 11.4 Å². The molecule has 1 saturated heterocycles. The topological polar surface area (TPSA) is 97.6 Å². The SMILES string of the molecule is COC(=O)c1ccc(Cl)c(NC(=O)C2CCN(Cc3nc(-c4ccc(C)cc4)no3)CC2)c1. The van der Waals surface area contributed by atoms with Gasteiger partial charge in [-0.3, -0.25) is 9.69 Å². The van der Waals surface area contributed by atoms with Gasteiger partial charge >= 0.3 is 5.97 Å². The zero-order chi connectivity index (χ0) is 23.4. The van der Waals surface area contributed by atoms with Crippen molar-refractivity contribution in [3.05, 3.63) is 64.5 Å². The van der Waals surface area contributed by atoms with Gasteiger partial charge in [-0.25, -0.2) is 4.79 Å². The molecule has 0 bridgehead atoms. The van der Waals surface area contributed by atoms with Gasteiger partial charge in [-0.2, -0.15) is 4.98 Å². The van der Waals surface area contributed by atoms with Crippen molar-refractivity contribution < 1.29 is 18.8 Å². The van der Waals surface area contributed by atoms with Crippen molar-refractivity contribution in [1.29, 1.82) is 0 Å². The van der Waals surface area contributed by atoms with Crippen molar-refractivity contribution >= 4 is 29.2 Å². The Bertz CT molecular complexity index is 1140. The smallest absolute Gasteiger partial charge is 0.337 e. The summed E-state index contributed by atoms with van der Waals surface area (Å²) < 4.78 is 10.2.